The molecule has 5 nitrogen and oxygen atoms in total. The van der Waals surface area contributed by atoms with Gasteiger partial charge in [-0.3, -0.25) is 4.79 Å². The van der Waals surface area contributed by atoms with Crippen LogP contribution < -0.4 is 5.32 Å². The minimum absolute atomic E-state index is 0.0341. The van der Waals surface area contributed by atoms with Gasteiger partial charge in [-0.15, -0.1) is 0 Å². The number of alkyl halides is 6. The van der Waals surface area contributed by atoms with Crippen molar-refractivity contribution in [1.29, 1.82) is 0 Å². The Morgan fingerprint density at radius 2 is 1.57 bits per heavy atom. The second-order valence-electron chi connectivity index (χ2n) is 10.8. The third kappa shape index (κ3) is 6.02. The van der Waals surface area contributed by atoms with E-state index in [0.717, 1.165) is 32.4 Å². The third-order valence-corrected chi connectivity index (χ3v) is 8.36. The predicted octanol–water partition coefficient (Wildman–Crippen LogP) is 5.93. The zero-order valence-corrected chi connectivity index (χ0v) is 20.9. The van der Waals surface area contributed by atoms with E-state index in [0.29, 0.717) is 30.9 Å². The molecule has 1 aromatic carbocycles. The molecule has 2 fully saturated rings. The molecule has 0 radical (unpaired) electrons. The summed E-state index contributed by atoms with van der Waals surface area (Å²) < 4.78 is 79.2. The smallest absolute Gasteiger partial charge is 0.352 e. The zero-order chi connectivity index (χ0) is 27.0. The van der Waals surface area contributed by atoms with Crippen LogP contribution in [0.25, 0.3) is 0 Å². The second-order valence-corrected chi connectivity index (χ2v) is 10.8. The first-order valence-electron chi connectivity index (χ1n) is 12.7. The number of hydrogen-bond acceptors (Lipinski definition) is 4. The molecule has 4 rings (SSSR count). The van der Waals surface area contributed by atoms with Crippen LogP contribution in [0.4, 0.5) is 26.3 Å². The van der Waals surface area contributed by atoms with Crippen LogP contribution in [0.3, 0.4) is 0 Å². The van der Waals surface area contributed by atoms with Crippen LogP contribution in [0, 0.1) is 23.2 Å². The summed E-state index contributed by atoms with van der Waals surface area (Å²) in [6.07, 6.45) is -2.01. The van der Waals surface area contributed by atoms with Crippen molar-refractivity contribution in [1.82, 2.24) is 10.2 Å². The summed E-state index contributed by atoms with van der Waals surface area (Å²) in [6.45, 7) is 5.31. The molecule has 3 aliphatic rings. The lowest BCUT2D eigenvalue weighted by atomic mass is 9.74. The van der Waals surface area contributed by atoms with Crippen molar-refractivity contribution in [3.8, 4) is 0 Å². The van der Waals surface area contributed by atoms with E-state index in [1.54, 1.807) is 0 Å². The number of rotatable bonds is 6. The first-order valence-corrected chi connectivity index (χ1v) is 12.7. The lowest BCUT2D eigenvalue weighted by Gasteiger charge is -2.38. The van der Waals surface area contributed by atoms with Gasteiger partial charge < -0.3 is 10.2 Å². The fraction of sp³-hybridized carbons (Fsp3) is 0.654. The van der Waals surface area contributed by atoms with E-state index in [-0.39, 0.29) is 35.4 Å². The van der Waals surface area contributed by atoms with Crippen molar-refractivity contribution < 1.29 is 31.1 Å². The van der Waals surface area contributed by atoms with Crippen LogP contribution in [-0.2, 0) is 23.7 Å². The molecule has 11 heteroatoms. The molecule has 1 aromatic rings. The van der Waals surface area contributed by atoms with Gasteiger partial charge in [0.1, 0.15) is 0 Å². The van der Waals surface area contributed by atoms with Gasteiger partial charge in [-0.05, 0) is 80.8 Å². The number of hydrogen-bond donors (Lipinski definition) is 1. The minimum atomic E-state index is -4.93. The summed E-state index contributed by atoms with van der Waals surface area (Å²) in [5.41, 5.74) is -3.72. The summed E-state index contributed by atoms with van der Waals surface area (Å²) in [5.74, 6) is 0.428. The summed E-state index contributed by atoms with van der Waals surface area (Å²) in [5, 5.41) is 10.6. The van der Waals surface area contributed by atoms with Crippen molar-refractivity contribution in [2.24, 2.45) is 33.4 Å². The van der Waals surface area contributed by atoms with Crippen molar-refractivity contribution in [2.75, 3.05) is 13.1 Å². The Kier molecular flexibility index (Phi) is 7.74. The average Bonchev–Trinajstić information content (AvgIpc) is 3.53. The van der Waals surface area contributed by atoms with Gasteiger partial charge in [0, 0.05) is 30.9 Å². The maximum atomic E-state index is 13.4. The molecule has 0 bridgehead atoms. The molecule has 1 N–H and O–H groups in total. The SMILES string of the molecule is CC(C)[C@]1(C(=O)NCc2cc(C(F)(F)F)cc(C(F)(F)F)c2)CC[C@@H](N2CCC(C3C=NN=C3)CC2)C1. The highest BCUT2D eigenvalue weighted by molar-refractivity contribution is 5.87. The lowest BCUT2D eigenvalue weighted by molar-refractivity contribution is -0.143. The van der Waals surface area contributed by atoms with E-state index < -0.39 is 35.4 Å². The Morgan fingerprint density at radius 1 is 1.00 bits per heavy atom. The summed E-state index contributed by atoms with van der Waals surface area (Å²) in [7, 11) is 0. The van der Waals surface area contributed by atoms with Crippen molar-refractivity contribution in [3.05, 3.63) is 34.9 Å². The molecule has 2 heterocycles. The van der Waals surface area contributed by atoms with E-state index in [2.05, 4.69) is 20.4 Å². The standard InChI is InChI=1S/C26H32F6N4O/c1-16(2)24(6-3-22(12-24)36-7-4-18(5-8-36)19-14-34-35-15-19)23(37)33-13-17-9-20(25(27,28)29)11-21(10-17)26(30,31)32/h9-11,14-16,18-19,22H,3-8,12-13H2,1-2H3,(H,33,37)/t22-,24+/m1/s1. The molecule has 0 aromatic heterocycles. The molecule has 1 aliphatic carbocycles. The minimum Gasteiger partial charge on any atom is -0.352 e. The van der Waals surface area contributed by atoms with E-state index in [1.165, 1.54) is 0 Å². The predicted molar refractivity (Wildman–Crippen MR) is 128 cm³/mol. The van der Waals surface area contributed by atoms with Gasteiger partial charge >= 0.3 is 12.4 Å². The van der Waals surface area contributed by atoms with E-state index >= 15 is 0 Å². The normalized spacial score (nSPS) is 25.9. The Labute approximate surface area is 212 Å². The van der Waals surface area contributed by atoms with Gasteiger partial charge in [0.2, 0.25) is 5.91 Å². The summed E-state index contributed by atoms with van der Waals surface area (Å²) >= 11 is 0. The quantitative estimate of drug-likeness (QED) is 0.464. The highest BCUT2D eigenvalue weighted by Gasteiger charge is 2.49. The molecule has 1 amide bonds. The highest BCUT2D eigenvalue weighted by Crippen LogP contribution is 2.47. The van der Waals surface area contributed by atoms with E-state index in [9.17, 15) is 31.1 Å². The monoisotopic (exact) mass is 530 g/mol. The first kappa shape index (κ1) is 27.6. The van der Waals surface area contributed by atoms with Crippen LogP contribution >= 0.6 is 0 Å². The van der Waals surface area contributed by atoms with Gasteiger partial charge in [0.15, 0.2) is 0 Å². The maximum absolute atomic E-state index is 13.4. The topological polar surface area (TPSA) is 57.1 Å². The van der Waals surface area contributed by atoms with Crippen molar-refractivity contribution in [3.63, 3.8) is 0 Å². The first-order chi connectivity index (χ1) is 17.3. The molecule has 204 valence electrons. The van der Waals surface area contributed by atoms with Crippen LogP contribution in [0.5, 0.6) is 0 Å². The van der Waals surface area contributed by atoms with Crippen LogP contribution in [0.2, 0.25) is 0 Å². The number of nitrogens with zero attached hydrogens (tertiary/aromatic N) is 3. The molecule has 0 spiro atoms. The molecule has 2 aliphatic heterocycles. The van der Waals surface area contributed by atoms with E-state index in [4.69, 9.17) is 0 Å². The Morgan fingerprint density at radius 3 is 2.08 bits per heavy atom. The molecule has 0 unspecified atom stereocenters. The van der Waals surface area contributed by atoms with Crippen LogP contribution in [0.15, 0.2) is 28.4 Å². The Balaban J connectivity index is 1.42. The number of halogens is 6. The van der Waals surface area contributed by atoms with Gasteiger partial charge in [0.25, 0.3) is 0 Å². The van der Waals surface area contributed by atoms with Crippen molar-refractivity contribution >= 4 is 18.3 Å². The van der Waals surface area contributed by atoms with Crippen LogP contribution in [0.1, 0.15) is 62.6 Å². The molecule has 37 heavy (non-hydrogen) atoms. The lowest BCUT2D eigenvalue weighted by Crippen LogP contribution is -2.46. The summed E-state index contributed by atoms with van der Waals surface area (Å²) in [6, 6.07) is 1.64. The Bertz CT molecular complexity index is 998. The van der Waals surface area contributed by atoms with Gasteiger partial charge in [0.05, 0.1) is 16.5 Å². The van der Waals surface area contributed by atoms with Gasteiger partial charge in [-0.1, -0.05) is 13.8 Å². The molecule has 1 saturated heterocycles. The van der Waals surface area contributed by atoms with Gasteiger partial charge in [-0.2, -0.15) is 36.5 Å². The second kappa shape index (κ2) is 10.4. The van der Waals surface area contributed by atoms with Gasteiger partial charge in [-0.25, -0.2) is 0 Å². The zero-order valence-electron chi connectivity index (χ0n) is 20.9. The molecule has 1 saturated carbocycles. The molecular formula is C26H32F6N4O. The van der Waals surface area contributed by atoms with E-state index in [1.807, 2.05) is 26.3 Å². The fourth-order valence-corrected chi connectivity index (χ4v) is 6.02. The third-order valence-electron chi connectivity index (χ3n) is 8.36. The fourth-order valence-electron chi connectivity index (χ4n) is 6.02. The summed E-state index contributed by atoms with van der Waals surface area (Å²) in [4.78, 5) is 15.8. The number of carbonyl (C=O) groups is 1. The maximum Gasteiger partial charge on any atom is 0.416 e. The van der Waals surface area contributed by atoms with Crippen molar-refractivity contribution in [2.45, 2.75) is 70.9 Å². The molecule has 2 atom stereocenters. The number of piperidine rings is 1. The average molecular weight is 531 g/mol. The number of amides is 1. The Hall–Kier alpha value is -2.43. The van der Waals surface area contributed by atoms with Crippen LogP contribution in [-0.4, -0.2) is 42.4 Å². The highest BCUT2D eigenvalue weighted by atomic mass is 19.4. The number of carbonyl (C=O) groups excluding carboxylic acids is 1. The largest absolute Gasteiger partial charge is 0.416 e. The number of benzene rings is 1. The number of nitrogens with one attached hydrogen (secondary N) is 1. The number of likely N-dealkylation sites (tertiary alicyclic amines) is 1. The molecular weight excluding hydrogens is 498 g/mol.